The summed E-state index contributed by atoms with van der Waals surface area (Å²) in [6, 6.07) is 7.60. The van der Waals surface area contributed by atoms with E-state index < -0.39 is 5.82 Å². The molecule has 3 heterocycles. The smallest absolute Gasteiger partial charge is 0.200 e. The first-order chi connectivity index (χ1) is 13.5. The zero-order valence-corrected chi connectivity index (χ0v) is 16.0. The largest absolute Gasteiger partial charge is 0.436 e. The lowest BCUT2D eigenvalue weighted by atomic mass is 10.1. The summed E-state index contributed by atoms with van der Waals surface area (Å²) in [6.07, 6.45) is 3.25. The molecule has 6 nitrogen and oxygen atoms in total. The molecule has 1 aliphatic heterocycles. The van der Waals surface area contributed by atoms with Crippen LogP contribution in [-0.2, 0) is 4.74 Å². The maximum atomic E-state index is 13.4. The fourth-order valence-electron chi connectivity index (χ4n) is 3.30. The Morgan fingerprint density at radius 3 is 2.79 bits per heavy atom. The highest BCUT2D eigenvalue weighted by Gasteiger charge is 2.22. The van der Waals surface area contributed by atoms with E-state index in [2.05, 4.69) is 10.3 Å². The van der Waals surface area contributed by atoms with Gasteiger partial charge in [0, 0.05) is 44.3 Å². The highest BCUT2D eigenvalue weighted by atomic mass is 35.5. The number of anilines is 3. The Balaban J connectivity index is 1.73. The highest BCUT2D eigenvalue weighted by molar-refractivity contribution is 6.31. The molecule has 146 valence electrons. The topological polar surface area (TPSA) is 67.6 Å². The van der Waals surface area contributed by atoms with Crippen LogP contribution in [-0.4, -0.2) is 31.3 Å². The van der Waals surface area contributed by atoms with Crippen molar-refractivity contribution in [2.24, 2.45) is 0 Å². The molecular formula is C20H19ClFN3O3. The molecule has 2 aromatic heterocycles. The van der Waals surface area contributed by atoms with Gasteiger partial charge in [-0.05, 0) is 37.1 Å². The van der Waals surface area contributed by atoms with Gasteiger partial charge in [-0.1, -0.05) is 11.6 Å². The van der Waals surface area contributed by atoms with Gasteiger partial charge in [0.15, 0.2) is 22.7 Å². The molecule has 1 fully saturated rings. The first-order valence-electron chi connectivity index (χ1n) is 8.98. The van der Waals surface area contributed by atoms with Crippen molar-refractivity contribution in [3.05, 3.63) is 57.6 Å². The van der Waals surface area contributed by atoms with Crippen LogP contribution >= 0.6 is 11.6 Å². The van der Waals surface area contributed by atoms with Crippen LogP contribution in [0, 0.1) is 5.82 Å². The van der Waals surface area contributed by atoms with Crippen molar-refractivity contribution in [3.8, 4) is 0 Å². The zero-order chi connectivity index (χ0) is 19.7. The van der Waals surface area contributed by atoms with Gasteiger partial charge in [-0.15, -0.1) is 0 Å². The van der Waals surface area contributed by atoms with Crippen molar-refractivity contribution in [3.63, 3.8) is 0 Å². The molecular weight excluding hydrogens is 385 g/mol. The normalized spacial score (nSPS) is 15.0. The molecule has 0 bridgehead atoms. The fraction of sp³-hybridized carbons (Fsp3) is 0.300. The minimum absolute atomic E-state index is 0.00775. The lowest BCUT2D eigenvalue weighted by Crippen LogP contribution is -2.37. The van der Waals surface area contributed by atoms with Gasteiger partial charge in [0.1, 0.15) is 5.82 Å². The third-order valence-electron chi connectivity index (χ3n) is 4.90. The molecule has 1 aliphatic rings. The van der Waals surface area contributed by atoms with Crippen LogP contribution < -0.4 is 15.6 Å². The van der Waals surface area contributed by atoms with Gasteiger partial charge in [-0.3, -0.25) is 4.79 Å². The van der Waals surface area contributed by atoms with Crippen LogP contribution in [0.4, 0.5) is 21.8 Å². The van der Waals surface area contributed by atoms with E-state index in [0.717, 1.165) is 12.8 Å². The minimum Gasteiger partial charge on any atom is -0.436 e. The van der Waals surface area contributed by atoms with Crippen molar-refractivity contribution in [1.82, 2.24) is 4.98 Å². The predicted octanol–water partition coefficient (Wildman–Crippen LogP) is 4.34. The summed E-state index contributed by atoms with van der Waals surface area (Å²) >= 11 is 5.85. The maximum Gasteiger partial charge on any atom is 0.200 e. The molecule has 0 saturated carbocycles. The quantitative estimate of drug-likeness (QED) is 0.699. The van der Waals surface area contributed by atoms with E-state index in [-0.39, 0.29) is 16.5 Å². The number of pyridine rings is 1. The van der Waals surface area contributed by atoms with Crippen molar-refractivity contribution in [2.75, 3.05) is 30.5 Å². The van der Waals surface area contributed by atoms with E-state index >= 15 is 0 Å². The van der Waals surface area contributed by atoms with Gasteiger partial charge in [-0.25, -0.2) is 9.37 Å². The number of nitrogens with zero attached hydrogens (tertiary/aromatic N) is 2. The lowest BCUT2D eigenvalue weighted by Gasteiger charge is -2.31. The van der Waals surface area contributed by atoms with Crippen molar-refractivity contribution < 1.29 is 13.5 Å². The number of nitrogens with one attached hydrogen (secondary N) is 1. The first-order valence-corrected chi connectivity index (χ1v) is 9.36. The number of halogens is 2. The Kier molecular flexibility index (Phi) is 5.19. The van der Waals surface area contributed by atoms with E-state index in [0.29, 0.717) is 41.6 Å². The second kappa shape index (κ2) is 7.77. The Morgan fingerprint density at radius 2 is 2.04 bits per heavy atom. The number of rotatable bonds is 4. The summed E-state index contributed by atoms with van der Waals surface area (Å²) in [5.41, 5.74) is 0.722. The van der Waals surface area contributed by atoms with E-state index in [4.69, 9.17) is 20.8 Å². The highest BCUT2D eigenvalue weighted by Crippen LogP contribution is 2.29. The number of aromatic nitrogens is 1. The standard InChI is InChI=1S/C20H19ClFN3O3/c1-25(13-5-8-27-9-6-13)18-11-17(26)14-4-7-23-20(19(14)28-18)24-12-2-3-16(22)15(21)10-12/h2-4,7,10-11,13H,5-6,8-9H2,1H3,(H,23,24). The van der Waals surface area contributed by atoms with Crippen LogP contribution in [0.3, 0.4) is 0 Å². The molecule has 8 heteroatoms. The Morgan fingerprint density at radius 1 is 1.25 bits per heavy atom. The maximum absolute atomic E-state index is 13.4. The van der Waals surface area contributed by atoms with Crippen LogP contribution in [0.25, 0.3) is 11.0 Å². The molecule has 1 N–H and O–H groups in total. The zero-order valence-electron chi connectivity index (χ0n) is 15.2. The van der Waals surface area contributed by atoms with Gasteiger partial charge in [0.25, 0.3) is 0 Å². The molecule has 1 saturated heterocycles. The SMILES string of the molecule is CN(c1cc(=O)c2ccnc(Nc3ccc(F)c(Cl)c3)c2o1)C1CCOCC1. The molecule has 0 aliphatic carbocycles. The average molecular weight is 404 g/mol. The number of hydrogen-bond donors (Lipinski definition) is 1. The van der Waals surface area contributed by atoms with Gasteiger partial charge >= 0.3 is 0 Å². The van der Waals surface area contributed by atoms with E-state index in [9.17, 15) is 9.18 Å². The molecule has 28 heavy (non-hydrogen) atoms. The van der Waals surface area contributed by atoms with Gasteiger partial charge < -0.3 is 19.4 Å². The molecule has 0 radical (unpaired) electrons. The van der Waals surface area contributed by atoms with Gasteiger partial charge in [0.2, 0.25) is 0 Å². The molecule has 4 rings (SSSR count). The van der Waals surface area contributed by atoms with E-state index in [1.807, 2.05) is 11.9 Å². The molecule has 0 unspecified atom stereocenters. The summed E-state index contributed by atoms with van der Waals surface area (Å²) in [7, 11) is 1.91. The summed E-state index contributed by atoms with van der Waals surface area (Å²) in [5.74, 6) is 0.321. The first kappa shape index (κ1) is 18.7. The Labute approximate surface area is 165 Å². The van der Waals surface area contributed by atoms with Gasteiger partial charge in [-0.2, -0.15) is 0 Å². The molecule has 1 aromatic carbocycles. The van der Waals surface area contributed by atoms with Crippen LogP contribution in [0.1, 0.15) is 12.8 Å². The number of ether oxygens (including phenoxy) is 1. The average Bonchev–Trinajstić information content (AvgIpc) is 2.71. The monoisotopic (exact) mass is 403 g/mol. The minimum atomic E-state index is -0.509. The Bertz CT molecular complexity index is 1070. The van der Waals surface area contributed by atoms with Gasteiger partial charge in [0.05, 0.1) is 10.4 Å². The fourth-order valence-corrected chi connectivity index (χ4v) is 3.48. The van der Waals surface area contributed by atoms with E-state index in [1.54, 1.807) is 6.07 Å². The second-order valence-corrected chi connectivity index (χ2v) is 7.10. The number of benzene rings is 1. The third kappa shape index (κ3) is 3.68. The van der Waals surface area contributed by atoms with Crippen LogP contribution in [0.5, 0.6) is 0 Å². The van der Waals surface area contributed by atoms with Crippen molar-refractivity contribution >= 4 is 40.0 Å². The van der Waals surface area contributed by atoms with Crippen molar-refractivity contribution in [2.45, 2.75) is 18.9 Å². The number of hydrogen-bond acceptors (Lipinski definition) is 6. The third-order valence-corrected chi connectivity index (χ3v) is 5.19. The number of fused-ring (bicyclic) bond motifs is 1. The van der Waals surface area contributed by atoms with Crippen LogP contribution in [0.2, 0.25) is 5.02 Å². The van der Waals surface area contributed by atoms with Crippen LogP contribution in [0.15, 0.2) is 45.7 Å². The molecule has 3 aromatic rings. The van der Waals surface area contributed by atoms with Crippen molar-refractivity contribution in [1.29, 1.82) is 0 Å². The van der Waals surface area contributed by atoms with E-state index in [1.165, 1.54) is 30.5 Å². The second-order valence-electron chi connectivity index (χ2n) is 6.69. The molecule has 0 spiro atoms. The summed E-state index contributed by atoms with van der Waals surface area (Å²) in [4.78, 5) is 18.9. The summed E-state index contributed by atoms with van der Waals surface area (Å²) < 4.78 is 24.9. The Hall–Kier alpha value is -2.64. The summed E-state index contributed by atoms with van der Waals surface area (Å²) in [6.45, 7) is 1.37. The molecule has 0 atom stereocenters. The summed E-state index contributed by atoms with van der Waals surface area (Å²) in [5, 5.41) is 3.46. The predicted molar refractivity (Wildman–Crippen MR) is 107 cm³/mol. The lowest BCUT2D eigenvalue weighted by molar-refractivity contribution is 0.0848. The molecule has 0 amide bonds.